The first-order valence-electron chi connectivity index (χ1n) is 7.04. The van der Waals surface area contributed by atoms with Crippen LogP contribution < -0.4 is 10.5 Å². The van der Waals surface area contributed by atoms with Gasteiger partial charge in [-0.1, -0.05) is 42.0 Å². The van der Waals surface area contributed by atoms with Crippen molar-refractivity contribution in [1.82, 2.24) is 0 Å². The molecule has 0 saturated heterocycles. The van der Waals surface area contributed by atoms with E-state index in [2.05, 4.69) is 44.2 Å². The summed E-state index contributed by atoms with van der Waals surface area (Å²) in [5.41, 5.74) is 11.2. The minimum atomic E-state index is 0.325. The van der Waals surface area contributed by atoms with E-state index in [-0.39, 0.29) is 0 Å². The molecule has 0 aliphatic heterocycles. The van der Waals surface area contributed by atoms with Crippen LogP contribution in [0.4, 0.5) is 0 Å². The molecule has 0 saturated carbocycles. The molecule has 0 amide bonds. The van der Waals surface area contributed by atoms with Crippen molar-refractivity contribution in [2.45, 2.75) is 26.2 Å². The molecule has 0 fully saturated rings. The van der Waals surface area contributed by atoms with E-state index in [1.807, 2.05) is 12.1 Å². The highest BCUT2D eigenvalue weighted by atomic mass is 16.5. The van der Waals surface area contributed by atoms with E-state index in [9.17, 15) is 0 Å². The Bertz CT molecular complexity index is 577. The maximum Gasteiger partial charge on any atom is 0.122 e. The lowest BCUT2D eigenvalue weighted by Gasteiger charge is -2.19. The first kappa shape index (κ1) is 14.6. The fourth-order valence-electron chi connectivity index (χ4n) is 2.66. The van der Waals surface area contributed by atoms with Crippen molar-refractivity contribution in [2.24, 2.45) is 5.73 Å². The Morgan fingerprint density at radius 3 is 2.55 bits per heavy atom. The van der Waals surface area contributed by atoms with Gasteiger partial charge >= 0.3 is 0 Å². The van der Waals surface area contributed by atoms with Crippen LogP contribution in [0.2, 0.25) is 0 Å². The molecular weight excluding hydrogens is 246 g/mol. The maximum absolute atomic E-state index is 6.02. The van der Waals surface area contributed by atoms with Crippen LogP contribution in [0.1, 0.15) is 28.2 Å². The molecule has 0 radical (unpaired) electrons. The normalized spacial score (nSPS) is 12.2. The average molecular weight is 269 g/mol. The molecule has 2 rings (SSSR count). The molecule has 0 spiro atoms. The number of nitrogens with two attached hydrogens (primary N) is 1. The predicted molar refractivity (Wildman–Crippen MR) is 84.4 cm³/mol. The molecule has 2 N–H and O–H groups in total. The van der Waals surface area contributed by atoms with Crippen LogP contribution in [0.5, 0.6) is 5.75 Å². The lowest BCUT2D eigenvalue weighted by atomic mass is 9.88. The van der Waals surface area contributed by atoms with E-state index in [1.165, 1.54) is 22.3 Å². The molecule has 2 nitrogen and oxygen atoms in total. The molecule has 20 heavy (non-hydrogen) atoms. The molecule has 0 aliphatic rings. The summed E-state index contributed by atoms with van der Waals surface area (Å²) in [5, 5.41) is 0. The van der Waals surface area contributed by atoms with Gasteiger partial charge in [-0.2, -0.15) is 0 Å². The third-order valence-electron chi connectivity index (χ3n) is 3.82. The zero-order valence-electron chi connectivity index (χ0n) is 12.5. The van der Waals surface area contributed by atoms with Gasteiger partial charge in [0.1, 0.15) is 5.75 Å². The molecule has 1 atom stereocenters. The fourth-order valence-corrected chi connectivity index (χ4v) is 2.66. The second kappa shape index (κ2) is 6.58. The lowest BCUT2D eigenvalue weighted by molar-refractivity contribution is 0.408. The molecule has 0 aliphatic carbocycles. The Morgan fingerprint density at radius 1 is 1.10 bits per heavy atom. The average Bonchev–Trinajstić information content (AvgIpc) is 2.48. The van der Waals surface area contributed by atoms with Gasteiger partial charge in [-0.15, -0.1) is 0 Å². The standard InChI is InChI=1S/C18H23NO/c1-13-8-9-14(2)17(10-13)16(12-19)11-15-6-4-5-7-18(15)20-3/h4-10,16H,11-12,19H2,1-3H3. The number of methoxy groups -OCH3 is 1. The van der Waals surface area contributed by atoms with Gasteiger partial charge in [0, 0.05) is 5.92 Å². The van der Waals surface area contributed by atoms with E-state index < -0.39 is 0 Å². The highest BCUT2D eigenvalue weighted by Crippen LogP contribution is 2.28. The minimum absolute atomic E-state index is 0.325. The van der Waals surface area contributed by atoms with Crippen LogP contribution in [0, 0.1) is 13.8 Å². The topological polar surface area (TPSA) is 35.2 Å². The van der Waals surface area contributed by atoms with E-state index >= 15 is 0 Å². The van der Waals surface area contributed by atoms with Gasteiger partial charge in [0.2, 0.25) is 0 Å². The van der Waals surface area contributed by atoms with Gasteiger partial charge in [0.05, 0.1) is 7.11 Å². The van der Waals surface area contributed by atoms with Crippen molar-refractivity contribution < 1.29 is 4.74 Å². The molecular formula is C18H23NO. The van der Waals surface area contributed by atoms with Gasteiger partial charge in [0.25, 0.3) is 0 Å². The summed E-state index contributed by atoms with van der Waals surface area (Å²) in [6.07, 6.45) is 0.908. The number of aryl methyl sites for hydroxylation is 2. The second-order valence-corrected chi connectivity index (χ2v) is 5.31. The summed E-state index contributed by atoms with van der Waals surface area (Å²) in [7, 11) is 1.72. The zero-order valence-corrected chi connectivity index (χ0v) is 12.5. The Hall–Kier alpha value is -1.80. The van der Waals surface area contributed by atoms with Gasteiger partial charge in [-0.05, 0) is 49.6 Å². The highest BCUT2D eigenvalue weighted by Gasteiger charge is 2.15. The van der Waals surface area contributed by atoms with Crippen molar-refractivity contribution in [2.75, 3.05) is 13.7 Å². The first-order valence-corrected chi connectivity index (χ1v) is 7.04. The van der Waals surface area contributed by atoms with Gasteiger partial charge in [-0.3, -0.25) is 0 Å². The van der Waals surface area contributed by atoms with Gasteiger partial charge < -0.3 is 10.5 Å². The van der Waals surface area contributed by atoms with E-state index in [0.717, 1.165) is 12.2 Å². The first-order chi connectivity index (χ1) is 9.65. The van der Waals surface area contributed by atoms with E-state index in [1.54, 1.807) is 7.11 Å². The molecule has 0 aromatic heterocycles. The molecule has 0 bridgehead atoms. The largest absolute Gasteiger partial charge is 0.496 e. The Balaban J connectivity index is 2.31. The van der Waals surface area contributed by atoms with E-state index in [4.69, 9.17) is 10.5 Å². The molecule has 2 aromatic rings. The van der Waals surface area contributed by atoms with Gasteiger partial charge in [-0.25, -0.2) is 0 Å². The molecule has 0 heterocycles. The monoisotopic (exact) mass is 269 g/mol. The zero-order chi connectivity index (χ0) is 14.5. The Kier molecular flexibility index (Phi) is 4.80. The summed E-state index contributed by atoms with van der Waals surface area (Å²) < 4.78 is 5.44. The molecule has 2 aromatic carbocycles. The van der Waals surface area contributed by atoms with Crippen molar-refractivity contribution in [1.29, 1.82) is 0 Å². The summed E-state index contributed by atoms with van der Waals surface area (Å²) in [6, 6.07) is 14.7. The van der Waals surface area contributed by atoms with Crippen molar-refractivity contribution in [3.8, 4) is 5.75 Å². The summed E-state index contributed by atoms with van der Waals surface area (Å²) >= 11 is 0. The van der Waals surface area contributed by atoms with Crippen LogP contribution in [0.3, 0.4) is 0 Å². The van der Waals surface area contributed by atoms with Crippen molar-refractivity contribution in [3.63, 3.8) is 0 Å². The van der Waals surface area contributed by atoms with Crippen LogP contribution in [0.15, 0.2) is 42.5 Å². The number of benzene rings is 2. The van der Waals surface area contributed by atoms with Crippen LogP contribution >= 0.6 is 0 Å². The number of rotatable bonds is 5. The number of hydrogen-bond donors (Lipinski definition) is 1. The van der Waals surface area contributed by atoms with Crippen molar-refractivity contribution >= 4 is 0 Å². The number of para-hydroxylation sites is 1. The SMILES string of the molecule is COc1ccccc1CC(CN)c1cc(C)ccc1C. The maximum atomic E-state index is 6.02. The van der Waals surface area contributed by atoms with Crippen LogP contribution in [-0.4, -0.2) is 13.7 Å². The predicted octanol–water partition coefficient (Wildman–Crippen LogP) is 3.60. The van der Waals surface area contributed by atoms with Crippen LogP contribution in [0.25, 0.3) is 0 Å². The Morgan fingerprint density at radius 2 is 1.85 bits per heavy atom. The minimum Gasteiger partial charge on any atom is -0.496 e. The third kappa shape index (κ3) is 3.20. The summed E-state index contributed by atoms with van der Waals surface area (Å²) in [5.74, 6) is 1.27. The fraction of sp³-hybridized carbons (Fsp3) is 0.333. The highest BCUT2D eigenvalue weighted by molar-refractivity contribution is 5.38. The lowest BCUT2D eigenvalue weighted by Crippen LogP contribution is -2.16. The number of hydrogen-bond acceptors (Lipinski definition) is 2. The van der Waals surface area contributed by atoms with Gasteiger partial charge in [0.15, 0.2) is 0 Å². The molecule has 2 heteroatoms. The molecule has 1 unspecified atom stereocenters. The van der Waals surface area contributed by atoms with E-state index in [0.29, 0.717) is 12.5 Å². The summed E-state index contributed by atoms with van der Waals surface area (Å²) in [6.45, 7) is 4.92. The molecule has 106 valence electrons. The quantitative estimate of drug-likeness (QED) is 0.900. The number of ether oxygens (including phenoxy) is 1. The summed E-state index contributed by atoms with van der Waals surface area (Å²) in [4.78, 5) is 0. The smallest absolute Gasteiger partial charge is 0.122 e. The Labute approximate surface area is 121 Å². The second-order valence-electron chi connectivity index (χ2n) is 5.31. The third-order valence-corrected chi connectivity index (χ3v) is 3.82. The van der Waals surface area contributed by atoms with Crippen molar-refractivity contribution in [3.05, 3.63) is 64.7 Å². The van der Waals surface area contributed by atoms with Crippen LogP contribution in [-0.2, 0) is 6.42 Å².